The average molecular weight is 461 g/mol. The van der Waals surface area contributed by atoms with Gasteiger partial charge in [-0.2, -0.15) is 0 Å². The number of fused-ring (bicyclic) bond motifs is 1. The maximum atomic E-state index is 13.3. The molecule has 31 heavy (non-hydrogen) atoms. The number of benzene rings is 2. The second-order valence-corrected chi connectivity index (χ2v) is 10.6. The van der Waals surface area contributed by atoms with E-state index in [1.54, 1.807) is 24.1 Å². The van der Waals surface area contributed by atoms with Gasteiger partial charge < -0.3 is 9.47 Å². The van der Waals surface area contributed by atoms with Gasteiger partial charge in [0.2, 0.25) is 5.91 Å². The van der Waals surface area contributed by atoms with Crippen molar-refractivity contribution in [2.45, 2.75) is 30.3 Å². The molecule has 164 valence electrons. The number of amides is 1. The highest BCUT2D eigenvalue weighted by atomic mass is 32.2. The van der Waals surface area contributed by atoms with E-state index in [2.05, 4.69) is 0 Å². The van der Waals surface area contributed by atoms with Gasteiger partial charge in [-0.25, -0.2) is 13.4 Å². The number of carbonyl (C=O) groups excluding carboxylic acids is 1. The molecule has 0 radical (unpaired) electrons. The first kappa shape index (κ1) is 21.7. The highest BCUT2D eigenvalue weighted by Gasteiger charge is 2.26. The van der Waals surface area contributed by atoms with Crippen LogP contribution >= 0.6 is 11.3 Å². The molecule has 0 aliphatic carbocycles. The predicted octanol–water partition coefficient (Wildman–Crippen LogP) is 3.46. The van der Waals surface area contributed by atoms with E-state index < -0.39 is 9.84 Å². The summed E-state index contributed by atoms with van der Waals surface area (Å²) in [6.07, 6.45) is 3.17. The van der Waals surface area contributed by atoms with Crippen molar-refractivity contribution in [3.63, 3.8) is 0 Å². The molecule has 0 saturated carbocycles. The first-order valence-corrected chi connectivity index (χ1v) is 12.7. The van der Waals surface area contributed by atoms with Crippen molar-refractivity contribution in [3.05, 3.63) is 48.0 Å². The molecule has 1 aliphatic rings. The molecule has 1 aliphatic heterocycles. The Morgan fingerprint density at radius 1 is 1.26 bits per heavy atom. The van der Waals surface area contributed by atoms with Gasteiger partial charge in [0.1, 0.15) is 11.3 Å². The number of rotatable bonds is 7. The lowest BCUT2D eigenvalue weighted by Gasteiger charge is -2.23. The summed E-state index contributed by atoms with van der Waals surface area (Å²) in [4.78, 5) is 19.9. The van der Waals surface area contributed by atoms with Gasteiger partial charge in [-0.15, -0.1) is 0 Å². The van der Waals surface area contributed by atoms with E-state index in [9.17, 15) is 13.2 Å². The van der Waals surface area contributed by atoms with E-state index in [0.29, 0.717) is 24.0 Å². The van der Waals surface area contributed by atoms with E-state index in [1.807, 2.05) is 18.2 Å². The number of anilines is 1. The van der Waals surface area contributed by atoms with Gasteiger partial charge in [0.05, 0.1) is 35.8 Å². The molecule has 2 heterocycles. The average Bonchev–Trinajstić information content (AvgIpc) is 3.40. The first-order valence-electron chi connectivity index (χ1n) is 9.99. The molecule has 0 N–H and O–H groups in total. The van der Waals surface area contributed by atoms with Crippen LogP contribution in [-0.4, -0.2) is 51.9 Å². The summed E-state index contributed by atoms with van der Waals surface area (Å²) in [6.45, 7) is 1.13. The second kappa shape index (κ2) is 8.94. The fourth-order valence-electron chi connectivity index (χ4n) is 3.59. The van der Waals surface area contributed by atoms with Crippen LogP contribution < -0.4 is 9.64 Å². The zero-order chi connectivity index (χ0) is 22.0. The smallest absolute Gasteiger partial charge is 0.233 e. The Hall–Kier alpha value is -2.49. The Balaban J connectivity index is 1.62. The van der Waals surface area contributed by atoms with Crippen molar-refractivity contribution in [1.82, 2.24) is 4.98 Å². The molecule has 9 heteroatoms. The minimum absolute atomic E-state index is 0.0227. The fourth-order valence-corrected chi connectivity index (χ4v) is 5.23. The van der Waals surface area contributed by atoms with Crippen LogP contribution in [0.5, 0.6) is 5.75 Å². The molecule has 1 aromatic heterocycles. The number of nitrogens with zero attached hydrogens (tertiary/aromatic N) is 2. The quantitative estimate of drug-likeness (QED) is 0.537. The minimum atomic E-state index is -3.28. The van der Waals surface area contributed by atoms with E-state index in [0.717, 1.165) is 34.9 Å². The number of para-hydroxylation sites is 1. The Bertz CT molecular complexity index is 1180. The summed E-state index contributed by atoms with van der Waals surface area (Å²) in [6, 6.07) is 12.1. The van der Waals surface area contributed by atoms with Crippen LogP contribution in [0.4, 0.5) is 5.13 Å². The van der Waals surface area contributed by atoms with E-state index in [4.69, 9.17) is 14.5 Å². The van der Waals surface area contributed by atoms with E-state index in [-0.39, 0.29) is 23.3 Å². The maximum Gasteiger partial charge on any atom is 0.233 e. The summed E-state index contributed by atoms with van der Waals surface area (Å²) in [5, 5.41) is 0.604. The second-order valence-electron chi connectivity index (χ2n) is 7.54. The third-order valence-electron chi connectivity index (χ3n) is 5.24. The monoisotopic (exact) mass is 460 g/mol. The van der Waals surface area contributed by atoms with Crippen molar-refractivity contribution in [1.29, 1.82) is 0 Å². The highest BCUT2D eigenvalue weighted by molar-refractivity contribution is 7.90. The Labute approximate surface area is 185 Å². The molecule has 0 spiro atoms. The van der Waals surface area contributed by atoms with Crippen LogP contribution in [0.3, 0.4) is 0 Å². The van der Waals surface area contributed by atoms with Gasteiger partial charge in [0.25, 0.3) is 0 Å². The largest absolute Gasteiger partial charge is 0.494 e. The predicted molar refractivity (Wildman–Crippen MR) is 121 cm³/mol. The van der Waals surface area contributed by atoms with Crippen molar-refractivity contribution in [2.24, 2.45) is 0 Å². The molecule has 2 aromatic carbocycles. The fraction of sp³-hybridized carbons (Fsp3) is 0.364. The third kappa shape index (κ3) is 4.89. The number of hydrogen-bond donors (Lipinski definition) is 0. The van der Waals surface area contributed by atoms with Crippen molar-refractivity contribution < 1.29 is 22.7 Å². The van der Waals surface area contributed by atoms with Gasteiger partial charge in [0, 0.05) is 12.9 Å². The SMILES string of the molecule is COc1cccc2sc(N(CC3CCCO3)C(=O)Cc3ccc(S(C)(=O)=O)cc3)nc12. The van der Waals surface area contributed by atoms with Crippen molar-refractivity contribution in [3.8, 4) is 5.75 Å². The number of methoxy groups -OCH3 is 1. The zero-order valence-electron chi connectivity index (χ0n) is 17.4. The zero-order valence-corrected chi connectivity index (χ0v) is 19.0. The van der Waals surface area contributed by atoms with E-state index in [1.165, 1.54) is 23.5 Å². The molecule has 1 saturated heterocycles. The summed E-state index contributed by atoms with van der Waals surface area (Å²) < 4.78 is 35.5. The number of carbonyl (C=O) groups is 1. The lowest BCUT2D eigenvalue weighted by Crippen LogP contribution is -2.38. The van der Waals surface area contributed by atoms with Gasteiger partial charge in [-0.3, -0.25) is 9.69 Å². The Morgan fingerprint density at radius 3 is 2.68 bits per heavy atom. The van der Waals surface area contributed by atoms with Crippen molar-refractivity contribution >= 4 is 42.4 Å². The van der Waals surface area contributed by atoms with Gasteiger partial charge >= 0.3 is 0 Å². The van der Waals surface area contributed by atoms with Crippen LogP contribution in [0.25, 0.3) is 10.2 Å². The summed E-state index contributed by atoms with van der Waals surface area (Å²) in [7, 11) is -1.68. The number of thiazole rings is 1. The first-order chi connectivity index (χ1) is 14.8. The van der Waals surface area contributed by atoms with Crippen LogP contribution in [0.15, 0.2) is 47.4 Å². The number of hydrogen-bond acceptors (Lipinski definition) is 7. The van der Waals surface area contributed by atoms with Gasteiger partial charge in [-0.1, -0.05) is 29.5 Å². The molecule has 1 unspecified atom stereocenters. The molecule has 4 rings (SSSR count). The third-order valence-corrected chi connectivity index (χ3v) is 7.41. The number of aromatic nitrogens is 1. The highest BCUT2D eigenvalue weighted by Crippen LogP contribution is 2.35. The van der Waals surface area contributed by atoms with Gasteiger partial charge in [-0.05, 0) is 42.7 Å². The summed E-state index contributed by atoms with van der Waals surface area (Å²) >= 11 is 1.44. The lowest BCUT2D eigenvalue weighted by atomic mass is 10.1. The molecule has 7 nitrogen and oxygen atoms in total. The molecule has 1 atom stereocenters. The van der Waals surface area contributed by atoms with Crippen LogP contribution in [-0.2, 0) is 25.8 Å². The van der Waals surface area contributed by atoms with Crippen LogP contribution in [0.1, 0.15) is 18.4 Å². The maximum absolute atomic E-state index is 13.3. The standard InChI is InChI=1S/C22H24N2O5S2/c1-28-18-6-3-7-19-21(18)23-22(30-19)24(14-16-5-4-12-29-16)20(25)13-15-8-10-17(11-9-15)31(2,26)27/h3,6-11,16H,4-5,12-14H2,1-2H3. The molecular formula is C22H24N2O5S2. The minimum Gasteiger partial charge on any atom is -0.494 e. The molecule has 0 bridgehead atoms. The normalized spacial score (nSPS) is 16.5. The number of sulfone groups is 1. The Kier molecular flexibility index (Phi) is 6.27. The van der Waals surface area contributed by atoms with Crippen LogP contribution in [0, 0.1) is 0 Å². The molecule has 3 aromatic rings. The molecule has 1 amide bonds. The van der Waals surface area contributed by atoms with E-state index >= 15 is 0 Å². The topological polar surface area (TPSA) is 85.8 Å². The lowest BCUT2D eigenvalue weighted by molar-refractivity contribution is -0.118. The van der Waals surface area contributed by atoms with Gasteiger partial charge in [0.15, 0.2) is 15.0 Å². The number of ether oxygens (including phenoxy) is 2. The molecular weight excluding hydrogens is 436 g/mol. The Morgan fingerprint density at radius 2 is 2.03 bits per heavy atom. The molecule has 1 fully saturated rings. The summed E-state index contributed by atoms with van der Waals surface area (Å²) in [5.41, 5.74) is 1.47. The summed E-state index contributed by atoms with van der Waals surface area (Å²) in [5.74, 6) is 0.557. The van der Waals surface area contributed by atoms with Crippen LogP contribution in [0.2, 0.25) is 0 Å². The van der Waals surface area contributed by atoms with Crippen molar-refractivity contribution in [2.75, 3.05) is 31.4 Å².